The maximum atomic E-state index is 6.08. The van der Waals surface area contributed by atoms with E-state index in [9.17, 15) is 0 Å². The number of halogens is 1. The standard InChI is InChI=1S/C23H32N4O2.HI/c1-17-6-9-20(22(13-17)29-16-21-5-4-12-28-21)15-27-23(24-3)25-11-10-19-8-7-18(2)26-14-19;/h6-9,13-14,21H,4-5,10-12,15-16H2,1-3H3,(H2,24,25,27);1H. The molecule has 6 nitrogen and oxygen atoms in total. The summed E-state index contributed by atoms with van der Waals surface area (Å²) in [5.41, 5.74) is 4.54. The molecule has 164 valence electrons. The Kier molecular flexibility index (Phi) is 10.4. The molecule has 2 heterocycles. The zero-order valence-corrected chi connectivity index (χ0v) is 20.4. The first-order valence-corrected chi connectivity index (χ1v) is 10.3. The highest BCUT2D eigenvalue weighted by Gasteiger charge is 2.17. The van der Waals surface area contributed by atoms with E-state index in [1.54, 1.807) is 7.05 Å². The molecule has 0 spiro atoms. The van der Waals surface area contributed by atoms with Gasteiger partial charge >= 0.3 is 0 Å². The number of ether oxygens (including phenoxy) is 2. The Balaban J connectivity index is 0.00000320. The maximum Gasteiger partial charge on any atom is 0.191 e. The van der Waals surface area contributed by atoms with Crippen molar-refractivity contribution in [2.75, 3.05) is 26.8 Å². The summed E-state index contributed by atoms with van der Waals surface area (Å²) in [6.07, 6.45) is 5.23. The number of aromatic nitrogens is 1. The fourth-order valence-electron chi connectivity index (χ4n) is 3.27. The van der Waals surface area contributed by atoms with E-state index in [0.29, 0.717) is 13.2 Å². The topological polar surface area (TPSA) is 67.8 Å². The number of pyridine rings is 1. The molecule has 1 aliphatic heterocycles. The number of nitrogens with zero attached hydrogens (tertiary/aromatic N) is 2. The van der Waals surface area contributed by atoms with Crippen LogP contribution in [0.1, 0.15) is 35.2 Å². The molecule has 0 saturated carbocycles. The van der Waals surface area contributed by atoms with Gasteiger partial charge in [0.25, 0.3) is 0 Å². The number of guanidine groups is 1. The van der Waals surface area contributed by atoms with Crippen LogP contribution < -0.4 is 15.4 Å². The van der Waals surface area contributed by atoms with Crippen LogP contribution in [-0.4, -0.2) is 43.9 Å². The van der Waals surface area contributed by atoms with Gasteiger partial charge in [0.05, 0.1) is 6.10 Å². The van der Waals surface area contributed by atoms with E-state index in [-0.39, 0.29) is 30.1 Å². The van der Waals surface area contributed by atoms with Crippen molar-refractivity contribution in [1.29, 1.82) is 0 Å². The van der Waals surface area contributed by atoms with E-state index in [0.717, 1.165) is 55.4 Å². The normalized spacial score (nSPS) is 16.1. The van der Waals surface area contributed by atoms with Crippen molar-refractivity contribution < 1.29 is 9.47 Å². The summed E-state index contributed by atoms with van der Waals surface area (Å²) >= 11 is 0. The summed E-state index contributed by atoms with van der Waals surface area (Å²) in [6, 6.07) is 10.5. The number of hydrogen-bond acceptors (Lipinski definition) is 4. The number of aliphatic imine (C=N–C) groups is 1. The van der Waals surface area contributed by atoms with Crippen LogP contribution in [0.3, 0.4) is 0 Å². The first-order chi connectivity index (χ1) is 14.1. The third-order valence-electron chi connectivity index (χ3n) is 5.02. The number of hydrogen-bond donors (Lipinski definition) is 2. The van der Waals surface area contributed by atoms with Crippen molar-refractivity contribution in [3.8, 4) is 5.75 Å². The summed E-state index contributed by atoms with van der Waals surface area (Å²) in [4.78, 5) is 8.66. The van der Waals surface area contributed by atoms with Gasteiger partial charge in [0.2, 0.25) is 0 Å². The Hall–Kier alpha value is -1.87. The highest BCUT2D eigenvalue weighted by atomic mass is 127. The molecule has 0 bridgehead atoms. The molecule has 2 N–H and O–H groups in total. The van der Waals surface area contributed by atoms with Crippen molar-refractivity contribution in [2.45, 2.75) is 45.8 Å². The van der Waals surface area contributed by atoms with Gasteiger partial charge in [-0.3, -0.25) is 9.98 Å². The molecule has 1 atom stereocenters. The second-order valence-electron chi connectivity index (χ2n) is 7.47. The number of aryl methyl sites for hydroxylation is 2. The molecule has 0 amide bonds. The van der Waals surface area contributed by atoms with Gasteiger partial charge in [-0.25, -0.2) is 0 Å². The Morgan fingerprint density at radius 1 is 1.23 bits per heavy atom. The summed E-state index contributed by atoms with van der Waals surface area (Å²) in [5.74, 6) is 1.69. The predicted octanol–water partition coefficient (Wildman–Crippen LogP) is 3.78. The quantitative estimate of drug-likeness (QED) is 0.313. The molecular weight excluding hydrogens is 491 g/mol. The molecule has 1 saturated heterocycles. The van der Waals surface area contributed by atoms with Gasteiger partial charge < -0.3 is 20.1 Å². The van der Waals surface area contributed by atoms with E-state index in [4.69, 9.17) is 9.47 Å². The Morgan fingerprint density at radius 3 is 2.80 bits per heavy atom. The lowest BCUT2D eigenvalue weighted by Gasteiger charge is -2.17. The lowest BCUT2D eigenvalue weighted by Crippen LogP contribution is -2.38. The molecule has 0 radical (unpaired) electrons. The monoisotopic (exact) mass is 524 g/mol. The molecule has 1 aromatic carbocycles. The lowest BCUT2D eigenvalue weighted by atomic mass is 10.1. The van der Waals surface area contributed by atoms with E-state index < -0.39 is 0 Å². The molecule has 1 fully saturated rings. The molecular formula is C23H33IN4O2. The van der Waals surface area contributed by atoms with E-state index >= 15 is 0 Å². The van der Waals surface area contributed by atoms with Crippen molar-refractivity contribution >= 4 is 29.9 Å². The van der Waals surface area contributed by atoms with Gasteiger partial charge in [-0.05, 0) is 56.4 Å². The molecule has 7 heteroatoms. The van der Waals surface area contributed by atoms with Crippen LogP contribution in [0.5, 0.6) is 5.75 Å². The van der Waals surface area contributed by atoms with Crippen molar-refractivity contribution in [2.24, 2.45) is 4.99 Å². The highest BCUT2D eigenvalue weighted by molar-refractivity contribution is 14.0. The summed E-state index contributed by atoms with van der Waals surface area (Å²) < 4.78 is 11.8. The Labute approximate surface area is 196 Å². The number of rotatable bonds is 8. The second kappa shape index (κ2) is 12.7. The SMILES string of the molecule is CN=C(NCCc1ccc(C)nc1)NCc1ccc(C)cc1OCC1CCCO1.I. The van der Waals surface area contributed by atoms with Crippen LogP contribution in [0, 0.1) is 13.8 Å². The fourth-order valence-corrected chi connectivity index (χ4v) is 3.27. The van der Waals surface area contributed by atoms with E-state index in [1.165, 1.54) is 11.1 Å². The number of nitrogens with one attached hydrogen (secondary N) is 2. The van der Waals surface area contributed by atoms with Crippen molar-refractivity contribution in [3.05, 3.63) is 58.9 Å². The molecule has 0 aliphatic carbocycles. The van der Waals surface area contributed by atoms with Gasteiger partial charge in [-0.2, -0.15) is 0 Å². The average Bonchev–Trinajstić information content (AvgIpc) is 3.25. The molecule has 30 heavy (non-hydrogen) atoms. The zero-order chi connectivity index (χ0) is 20.5. The van der Waals surface area contributed by atoms with Crippen LogP contribution in [0.4, 0.5) is 0 Å². The zero-order valence-electron chi connectivity index (χ0n) is 18.1. The third kappa shape index (κ3) is 7.75. The minimum atomic E-state index is 0. The van der Waals surface area contributed by atoms with Crippen molar-refractivity contribution in [1.82, 2.24) is 15.6 Å². The number of benzene rings is 1. The Bertz CT molecular complexity index is 805. The van der Waals surface area contributed by atoms with Crippen LogP contribution in [0.2, 0.25) is 0 Å². The summed E-state index contributed by atoms with van der Waals surface area (Å²) in [5, 5.41) is 6.74. The van der Waals surface area contributed by atoms with E-state index in [2.05, 4.69) is 51.8 Å². The summed E-state index contributed by atoms with van der Waals surface area (Å²) in [7, 11) is 1.78. The van der Waals surface area contributed by atoms with Crippen LogP contribution in [-0.2, 0) is 17.7 Å². The van der Waals surface area contributed by atoms with E-state index in [1.807, 2.05) is 19.2 Å². The Morgan fingerprint density at radius 2 is 2.10 bits per heavy atom. The van der Waals surface area contributed by atoms with Gasteiger partial charge in [0, 0.05) is 44.2 Å². The molecule has 1 aliphatic rings. The third-order valence-corrected chi connectivity index (χ3v) is 5.02. The van der Waals surface area contributed by atoms with Gasteiger partial charge in [-0.15, -0.1) is 24.0 Å². The van der Waals surface area contributed by atoms with Gasteiger partial charge in [0.1, 0.15) is 12.4 Å². The molecule has 3 rings (SSSR count). The highest BCUT2D eigenvalue weighted by Crippen LogP contribution is 2.22. The maximum absolute atomic E-state index is 6.08. The molecule has 2 aromatic rings. The van der Waals surface area contributed by atoms with Crippen LogP contribution in [0.25, 0.3) is 0 Å². The first-order valence-electron chi connectivity index (χ1n) is 10.3. The summed E-state index contributed by atoms with van der Waals surface area (Å²) in [6.45, 7) is 6.96. The smallest absolute Gasteiger partial charge is 0.191 e. The van der Waals surface area contributed by atoms with Crippen LogP contribution >= 0.6 is 24.0 Å². The van der Waals surface area contributed by atoms with Gasteiger partial charge in [0.15, 0.2) is 5.96 Å². The second-order valence-corrected chi connectivity index (χ2v) is 7.47. The predicted molar refractivity (Wildman–Crippen MR) is 132 cm³/mol. The molecule has 1 aromatic heterocycles. The largest absolute Gasteiger partial charge is 0.491 e. The first kappa shape index (κ1) is 24.4. The van der Waals surface area contributed by atoms with Crippen LogP contribution in [0.15, 0.2) is 41.5 Å². The molecule has 1 unspecified atom stereocenters. The van der Waals surface area contributed by atoms with Gasteiger partial charge in [-0.1, -0.05) is 18.2 Å². The minimum absolute atomic E-state index is 0. The van der Waals surface area contributed by atoms with Crippen molar-refractivity contribution in [3.63, 3.8) is 0 Å². The average molecular weight is 524 g/mol. The lowest BCUT2D eigenvalue weighted by molar-refractivity contribution is 0.0676. The fraction of sp³-hybridized carbons (Fsp3) is 0.478. The minimum Gasteiger partial charge on any atom is -0.491 e.